The van der Waals surface area contributed by atoms with E-state index >= 15 is 0 Å². The minimum Gasteiger partial charge on any atom is -0.454 e. The number of aromatic nitrogens is 4. The summed E-state index contributed by atoms with van der Waals surface area (Å²) in [5.41, 5.74) is 7.03. The fraction of sp³-hybridized carbons (Fsp3) is 0.233. The number of hydrogen-bond donors (Lipinski definition) is 2. The van der Waals surface area contributed by atoms with E-state index in [9.17, 15) is 4.79 Å². The van der Waals surface area contributed by atoms with Crippen LogP contribution in [0.15, 0.2) is 72.9 Å². The third kappa shape index (κ3) is 4.68. The molecule has 4 heterocycles. The molecule has 40 heavy (non-hydrogen) atoms. The van der Waals surface area contributed by atoms with Crippen molar-refractivity contribution in [2.45, 2.75) is 13.5 Å². The maximum absolute atomic E-state index is 12.8. The van der Waals surface area contributed by atoms with E-state index in [1.54, 1.807) is 6.07 Å². The highest BCUT2D eigenvalue weighted by atomic mass is 16.7. The van der Waals surface area contributed by atoms with Crippen molar-refractivity contribution in [2.75, 3.05) is 43.2 Å². The Morgan fingerprint density at radius 1 is 0.950 bits per heavy atom. The highest BCUT2D eigenvalue weighted by Crippen LogP contribution is 2.34. The Kier molecular flexibility index (Phi) is 5.99. The normalized spacial score (nSPS) is 14.6. The first-order valence-electron chi connectivity index (χ1n) is 13.4. The molecule has 10 nitrogen and oxygen atoms in total. The average Bonchev–Trinajstić information content (AvgIpc) is 3.71. The summed E-state index contributed by atoms with van der Waals surface area (Å²) < 4.78 is 12.7. The number of nitrogens with one attached hydrogen (secondary N) is 2. The van der Waals surface area contributed by atoms with Gasteiger partial charge in [-0.1, -0.05) is 29.8 Å². The number of piperazine rings is 1. The van der Waals surface area contributed by atoms with Crippen LogP contribution in [0.2, 0.25) is 0 Å². The number of carbonyl (C=O) groups excluding carboxylic acids is 1. The van der Waals surface area contributed by atoms with Crippen LogP contribution in [0.1, 0.15) is 11.1 Å². The standard InChI is InChI=1S/C30H29N7O3/c1-20-2-4-21(5-3-20)18-37-29-25(17-31-37)33-28(34-29)22-6-9-24(10-7-22)35-12-14-36(15-13-35)30(38)32-23-8-11-26-27(16-23)40-19-39-26/h2-11,16-17H,12-15,18-19H2,1H3,(H,32,38)(H,33,34). The van der Waals surface area contributed by atoms with Gasteiger partial charge in [0.25, 0.3) is 0 Å². The van der Waals surface area contributed by atoms with Crippen LogP contribution in [0.4, 0.5) is 16.2 Å². The van der Waals surface area contributed by atoms with Gasteiger partial charge in [0.2, 0.25) is 6.79 Å². The molecule has 7 rings (SSSR count). The molecule has 2 aliphatic rings. The first-order chi connectivity index (χ1) is 19.6. The number of aryl methyl sites for hydroxylation is 1. The maximum Gasteiger partial charge on any atom is 0.321 e. The molecule has 0 radical (unpaired) electrons. The van der Waals surface area contributed by atoms with Crippen LogP contribution >= 0.6 is 0 Å². The fourth-order valence-corrected chi connectivity index (χ4v) is 5.14. The molecule has 202 valence electrons. The van der Waals surface area contributed by atoms with Gasteiger partial charge in [-0.25, -0.2) is 14.5 Å². The highest BCUT2D eigenvalue weighted by Gasteiger charge is 2.22. The van der Waals surface area contributed by atoms with Gasteiger partial charge in [-0.3, -0.25) is 0 Å². The molecule has 0 bridgehead atoms. The maximum atomic E-state index is 12.8. The molecule has 0 saturated carbocycles. The Hall–Kier alpha value is -4.99. The first-order valence-corrected chi connectivity index (χ1v) is 13.4. The van der Waals surface area contributed by atoms with Crippen LogP contribution in [0.25, 0.3) is 22.6 Å². The van der Waals surface area contributed by atoms with Crippen molar-refractivity contribution in [3.05, 3.63) is 84.1 Å². The summed E-state index contributed by atoms with van der Waals surface area (Å²) in [6, 6.07) is 22.2. The van der Waals surface area contributed by atoms with Crippen molar-refractivity contribution in [3.8, 4) is 22.9 Å². The second-order valence-electron chi connectivity index (χ2n) is 10.1. The molecule has 1 fully saturated rings. The lowest BCUT2D eigenvalue weighted by Gasteiger charge is -2.36. The first kappa shape index (κ1) is 24.1. The van der Waals surface area contributed by atoms with Crippen molar-refractivity contribution in [1.82, 2.24) is 24.6 Å². The molecule has 0 spiro atoms. The van der Waals surface area contributed by atoms with Gasteiger partial charge < -0.3 is 29.6 Å². The number of benzene rings is 3. The molecule has 2 aliphatic heterocycles. The lowest BCUT2D eigenvalue weighted by Crippen LogP contribution is -2.50. The number of urea groups is 1. The van der Waals surface area contributed by atoms with E-state index in [0.717, 1.165) is 41.3 Å². The number of fused-ring (bicyclic) bond motifs is 2. The third-order valence-electron chi connectivity index (χ3n) is 7.43. The number of carbonyl (C=O) groups is 1. The summed E-state index contributed by atoms with van der Waals surface area (Å²) in [5, 5.41) is 7.48. The predicted octanol–water partition coefficient (Wildman–Crippen LogP) is 4.87. The second-order valence-corrected chi connectivity index (χ2v) is 10.1. The zero-order valence-corrected chi connectivity index (χ0v) is 22.1. The van der Waals surface area contributed by atoms with Gasteiger partial charge in [0.1, 0.15) is 11.3 Å². The zero-order valence-electron chi connectivity index (χ0n) is 22.1. The van der Waals surface area contributed by atoms with E-state index in [1.807, 2.05) is 27.9 Å². The van der Waals surface area contributed by atoms with E-state index in [1.165, 1.54) is 11.1 Å². The Labute approximate surface area is 231 Å². The van der Waals surface area contributed by atoms with E-state index in [-0.39, 0.29) is 12.8 Å². The van der Waals surface area contributed by atoms with Crippen LogP contribution in [0.3, 0.4) is 0 Å². The molecule has 2 amide bonds. The van der Waals surface area contributed by atoms with Crippen molar-refractivity contribution < 1.29 is 14.3 Å². The molecule has 2 N–H and O–H groups in total. The summed E-state index contributed by atoms with van der Waals surface area (Å²) in [4.78, 5) is 25.2. The number of amides is 2. The lowest BCUT2D eigenvalue weighted by atomic mass is 10.1. The number of hydrogen-bond acceptors (Lipinski definition) is 6. The molecule has 0 atom stereocenters. The van der Waals surface area contributed by atoms with Gasteiger partial charge in [-0.05, 0) is 48.9 Å². The highest BCUT2D eigenvalue weighted by molar-refractivity contribution is 5.90. The van der Waals surface area contributed by atoms with Crippen LogP contribution in [-0.4, -0.2) is 63.7 Å². The Balaban J connectivity index is 0.974. The van der Waals surface area contributed by atoms with Crippen LogP contribution in [0, 0.1) is 6.92 Å². The summed E-state index contributed by atoms with van der Waals surface area (Å²) in [5.74, 6) is 2.17. The smallest absolute Gasteiger partial charge is 0.321 e. The Morgan fingerprint density at radius 3 is 2.52 bits per heavy atom. The number of imidazole rings is 1. The van der Waals surface area contributed by atoms with Crippen molar-refractivity contribution in [3.63, 3.8) is 0 Å². The minimum atomic E-state index is -0.111. The monoisotopic (exact) mass is 535 g/mol. The van der Waals surface area contributed by atoms with E-state index < -0.39 is 0 Å². The Morgan fingerprint density at radius 2 is 1.73 bits per heavy atom. The lowest BCUT2D eigenvalue weighted by molar-refractivity contribution is 0.174. The summed E-state index contributed by atoms with van der Waals surface area (Å²) in [6.07, 6.45) is 1.83. The largest absolute Gasteiger partial charge is 0.454 e. The van der Waals surface area contributed by atoms with Crippen molar-refractivity contribution >= 4 is 28.6 Å². The van der Waals surface area contributed by atoms with Gasteiger partial charge in [0.15, 0.2) is 17.1 Å². The number of aromatic amines is 1. The fourth-order valence-electron chi connectivity index (χ4n) is 5.14. The summed E-state index contributed by atoms with van der Waals surface area (Å²) in [6.45, 7) is 5.76. The third-order valence-corrected chi connectivity index (χ3v) is 7.43. The number of H-pyrrole nitrogens is 1. The van der Waals surface area contributed by atoms with Gasteiger partial charge >= 0.3 is 6.03 Å². The van der Waals surface area contributed by atoms with Crippen LogP contribution in [0.5, 0.6) is 11.5 Å². The SMILES string of the molecule is Cc1ccc(Cn2ncc3[nH]c(-c4ccc(N5CCN(C(=O)Nc6ccc7c(c6)OCO7)CC5)cc4)nc32)cc1. The van der Waals surface area contributed by atoms with Crippen molar-refractivity contribution in [2.24, 2.45) is 0 Å². The number of ether oxygens (including phenoxy) is 2. The van der Waals surface area contributed by atoms with Gasteiger partial charge in [-0.2, -0.15) is 5.10 Å². The quantitative estimate of drug-likeness (QED) is 0.333. The molecule has 1 saturated heterocycles. The molecule has 10 heteroatoms. The van der Waals surface area contributed by atoms with Gasteiger partial charge in [0, 0.05) is 49.2 Å². The molecule has 5 aromatic rings. The second kappa shape index (κ2) is 9.96. The summed E-state index contributed by atoms with van der Waals surface area (Å²) in [7, 11) is 0. The summed E-state index contributed by atoms with van der Waals surface area (Å²) >= 11 is 0. The van der Waals surface area contributed by atoms with Gasteiger partial charge in [-0.15, -0.1) is 0 Å². The van der Waals surface area contributed by atoms with Crippen molar-refractivity contribution in [1.29, 1.82) is 0 Å². The average molecular weight is 536 g/mol. The number of anilines is 2. The molecule has 0 aliphatic carbocycles. The molecule has 0 unspecified atom stereocenters. The molecular weight excluding hydrogens is 506 g/mol. The Bertz CT molecular complexity index is 1670. The predicted molar refractivity (Wildman–Crippen MR) is 153 cm³/mol. The van der Waals surface area contributed by atoms with E-state index in [2.05, 4.69) is 75.8 Å². The van der Waals surface area contributed by atoms with E-state index in [4.69, 9.17) is 14.5 Å². The molecule has 3 aromatic carbocycles. The van der Waals surface area contributed by atoms with Crippen LogP contribution < -0.4 is 19.7 Å². The minimum absolute atomic E-state index is 0.111. The molecule has 2 aromatic heterocycles. The van der Waals surface area contributed by atoms with Crippen LogP contribution in [-0.2, 0) is 6.54 Å². The van der Waals surface area contributed by atoms with Gasteiger partial charge in [0.05, 0.1) is 12.7 Å². The zero-order chi connectivity index (χ0) is 27.1. The number of nitrogens with zero attached hydrogens (tertiary/aromatic N) is 5. The molecular formula is C30H29N7O3. The number of rotatable bonds is 5. The topological polar surface area (TPSA) is 101 Å². The van der Waals surface area contributed by atoms with E-state index in [0.29, 0.717) is 36.8 Å².